The van der Waals surface area contributed by atoms with Crippen LogP contribution < -0.4 is 0 Å². The summed E-state index contributed by atoms with van der Waals surface area (Å²) in [4.78, 5) is 0. The van der Waals surface area contributed by atoms with Crippen molar-refractivity contribution in [1.82, 2.24) is 0 Å². The first-order chi connectivity index (χ1) is 16.3. The predicted molar refractivity (Wildman–Crippen MR) is 143 cm³/mol. The van der Waals surface area contributed by atoms with E-state index in [0.717, 1.165) is 34.9 Å². The lowest BCUT2D eigenvalue weighted by Gasteiger charge is -2.29. The predicted octanol–water partition coefficient (Wildman–Crippen LogP) is 9.26. The maximum absolute atomic E-state index is 3.33. The molecular formula is C33H42. The molecule has 0 radical (unpaired) electrons. The molecule has 1 aliphatic rings. The topological polar surface area (TPSA) is 0 Å². The molecule has 33 heavy (non-hydrogen) atoms. The van der Waals surface area contributed by atoms with Crippen LogP contribution in [0.5, 0.6) is 0 Å². The fourth-order valence-electron chi connectivity index (χ4n) is 4.89. The molecule has 0 amide bonds. The number of hydrogen-bond acceptors (Lipinski definition) is 0. The van der Waals surface area contributed by atoms with Gasteiger partial charge in [0.2, 0.25) is 0 Å². The van der Waals surface area contributed by atoms with Crippen LogP contribution in [0.1, 0.15) is 125 Å². The summed E-state index contributed by atoms with van der Waals surface area (Å²) in [5, 5.41) is 0. The Morgan fingerprint density at radius 1 is 0.606 bits per heavy atom. The Balaban J connectivity index is 1.46. The number of benzene rings is 2. The molecular weight excluding hydrogens is 396 g/mol. The smallest absolute Gasteiger partial charge is 0.0249 e. The molecule has 0 aliphatic heterocycles. The molecule has 0 spiro atoms. The van der Waals surface area contributed by atoms with Gasteiger partial charge in [0.1, 0.15) is 0 Å². The summed E-state index contributed by atoms with van der Waals surface area (Å²) in [6, 6.07) is 17.4. The summed E-state index contributed by atoms with van der Waals surface area (Å²) in [5.74, 6) is 14.9. The second-order valence-electron chi connectivity index (χ2n) is 9.78. The van der Waals surface area contributed by atoms with E-state index >= 15 is 0 Å². The van der Waals surface area contributed by atoms with Gasteiger partial charge < -0.3 is 0 Å². The Kier molecular flexibility index (Phi) is 11.2. The molecule has 0 aromatic heterocycles. The van der Waals surface area contributed by atoms with Crippen LogP contribution >= 0.6 is 0 Å². The lowest BCUT2D eigenvalue weighted by molar-refractivity contribution is 0.303. The summed E-state index contributed by atoms with van der Waals surface area (Å²) >= 11 is 0. The molecule has 0 bridgehead atoms. The third-order valence-corrected chi connectivity index (χ3v) is 7.07. The Morgan fingerprint density at radius 2 is 1.15 bits per heavy atom. The average molecular weight is 439 g/mol. The van der Waals surface area contributed by atoms with Crippen LogP contribution in [-0.4, -0.2) is 0 Å². The fourth-order valence-corrected chi connectivity index (χ4v) is 4.89. The number of unbranched alkanes of at least 4 members (excludes halogenated alkanes) is 6. The van der Waals surface area contributed by atoms with Crippen LogP contribution in [0.15, 0.2) is 48.5 Å². The summed E-state index contributed by atoms with van der Waals surface area (Å²) in [6.07, 6.45) is 17.2. The quantitative estimate of drug-likeness (QED) is 0.270. The van der Waals surface area contributed by atoms with Crippen molar-refractivity contribution in [3.05, 3.63) is 70.8 Å². The van der Waals surface area contributed by atoms with E-state index in [1.807, 2.05) is 0 Å². The molecule has 0 saturated heterocycles. The van der Waals surface area contributed by atoms with Crippen molar-refractivity contribution < 1.29 is 0 Å². The van der Waals surface area contributed by atoms with E-state index in [-0.39, 0.29) is 0 Å². The molecule has 1 saturated carbocycles. The first-order valence-corrected chi connectivity index (χ1v) is 13.5. The van der Waals surface area contributed by atoms with Crippen LogP contribution in [0.2, 0.25) is 0 Å². The van der Waals surface area contributed by atoms with Gasteiger partial charge in [-0.15, -0.1) is 0 Å². The minimum Gasteiger partial charge on any atom is -0.0979 e. The molecule has 2 aromatic carbocycles. The van der Waals surface area contributed by atoms with E-state index in [1.165, 1.54) is 82.6 Å². The van der Waals surface area contributed by atoms with Gasteiger partial charge in [-0.3, -0.25) is 0 Å². The largest absolute Gasteiger partial charge is 0.0979 e. The molecule has 1 fully saturated rings. The summed E-state index contributed by atoms with van der Waals surface area (Å²) in [7, 11) is 0. The SMILES string of the molecule is CCCCCCC#Cc1ccc(C#Cc2ccc([C@H]3CC[C@H](CCCCC)CC3)cc2)cc1. The van der Waals surface area contributed by atoms with E-state index in [1.54, 1.807) is 0 Å². The van der Waals surface area contributed by atoms with Gasteiger partial charge in [0.25, 0.3) is 0 Å². The van der Waals surface area contributed by atoms with Crippen molar-refractivity contribution in [3.63, 3.8) is 0 Å². The highest BCUT2D eigenvalue weighted by atomic mass is 14.3. The summed E-state index contributed by atoms with van der Waals surface area (Å²) < 4.78 is 0. The third-order valence-electron chi connectivity index (χ3n) is 7.07. The van der Waals surface area contributed by atoms with Crippen LogP contribution in [0.3, 0.4) is 0 Å². The molecule has 0 heterocycles. The molecule has 174 valence electrons. The van der Waals surface area contributed by atoms with Crippen molar-refractivity contribution in [2.75, 3.05) is 0 Å². The van der Waals surface area contributed by atoms with Gasteiger partial charge >= 0.3 is 0 Å². The van der Waals surface area contributed by atoms with Crippen molar-refractivity contribution in [2.45, 2.75) is 103 Å². The van der Waals surface area contributed by atoms with Gasteiger partial charge in [-0.1, -0.05) is 94.6 Å². The monoisotopic (exact) mass is 438 g/mol. The van der Waals surface area contributed by atoms with Gasteiger partial charge in [-0.05, 0) is 85.9 Å². The second kappa shape index (κ2) is 14.7. The van der Waals surface area contributed by atoms with E-state index in [2.05, 4.69) is 86.1 Å². The molecule has 0 atom stereocenters. The lowest BCUT2D eigenvalue weighted by atomic mass is 9.77. The maximum atomic E-state index is 3.33. The lowest BCUT2D eigenvalue weighted by Crippen LogP contribution is -2.13. The van der Waals surface area contributed by atoms with E-state index in [0.29, 0.717) is 0 Å². The highest BCUT2D eigenvalue weighted by molar-refractivity contribution is 5.46. The zero-order valence-corrected chi connectivity index (χ0v) is 21.0. The highest BCUT2D eigenvalue weighted by Crippen LogP contribution is 2.37. The molecule has 2 aromatic rings. The minimum absolute atomic E-state index is 0.745. The molecule has 0 nitrogen and oxygen atoms in total. The summed E-state index contributed by atoms with van der Waals surface area (Å²) in [6.45, 7) is 4.54. The van der Waals surface area contributed by atoms with E-state index < -0.39 is 0 Å². The third kappa shape index (κ3) is 9.14. The number of hydrogen-bond donors (Lipinski definition) is 0. The first kappa shape index (κ1) is 25.2. The highest BCUT2D eigenvalue weighted by Gasteiger charge is 2.21. The van der Waals surface area contributed by atoms with Crippen molar-refractivity contribution in [2.24, 2.45) is 5.92 Å². The van der Waals surface area contributed by atoms with Gasteiger partial charge in [0, 0.05) is 23.1 Å². The molecule has 0 heteroatoms. The fraction of sp³-hybridized carbons (Fsp3) is 0.515. The Hall–Kier alpha value is -2.44. The Bertz CT molecular complexity index is 916. The zero-order valence-electron chi connectivity index (χ0n) is 21.0. The second-order valence-corrected chi connectivity index (χ2v) is 9.78. The van der Waals surface area contributed by atoms with Crippen molar-refractivity contribution in [1.29, 1.82) is 0 Å². The normalized spacial score (nSPS) is 17.5. The van der Waals surface area contributed by atoms with Crippen molar-refractivity contribution >= 4 is 0 Å². The van der Waals surface area contributed by atoms with Gasteiger partial charge in [0.15, 0.2) is 0 Å². The maximum Gasteiger partial charge on any atom is 0.0249 e. The average Bonchev–Trinajstić information content (AvgIpc) is 2.86. The Labute approximate surface area is 203 Å². The zero-order chi connectivity index (χ0) is 23.1. The van der Waals surface area contributed by atoms with Crippen LogP contribution in [0, 0.1) is 29.6 Å². The van der Waals surface area contributed by atoms with Crippen molar-refractivity contribution in [3.8, 4) is 23.7 Å². The van der Waals surface area contributed by atoms with Gasteiger partial charge in [-0.2, -0.15) is 0 Å². The standard InChI is InChI=1S/C33H42/c1-3-5-7-8-9-11-13-28-14-16-30(17-15-28)18-19-31-22-26-33(27-23-31)32-24-20-29(21-25-32)12-10-6-4-2/h14-17,22-23,26-27,29,32H,3-10,12,20-21,24-25H2,1-2H3/t29-,32-. The minimum atomic E-state index is 0.745. The molecule has 3 rings (SSSR count). The van der Waals surface area contributed by atoms with Crippen LogP contribution in [0.25, 0.3) is 0 Å². The first-order valence-electron chi connectivity index (χ1n) is 13.5. The molecule has 0 N–H and O–H groups in total. The van der Waals surface area contributed by atoms with Gasteiger partial charge in [-0.25, -0.2) is 0 Å². The van der Waals surface area contributed by atoms with Crippen LogP contribution in [-0.2, 0) is 0 Å². The molecule has 0 unspecified atom stereocenters. The van der Waals surface area contributed by atoms with E-state index in [4.69, 9.17) is 0 Å². The van der Waals surface area contributed by atoms with Gasteiger partial charge in [0.05, 0.1) is 0 Å². The number of rotatable bonds is 9. The summed E-state index contributed by atoms with van der Waals surface area (Å²) in [5.41, 5.74) is 4.74. The van der Waals surface area contributed by atoms with Crippen LogP contribution in [0.4, 0.5) is 0 Å². The molecule has 1 aliphatic carbocycles. The van der Waals surface area contributed by atoms with E-state index in [9.17, 15) is 0 Å². The Morgan fingerprint density at radius 3 is 1.76 bits per heavy atom.